The highest BCUT2D eigenvalue weighted by Crippen LogP contribution is 2.26. The molecule has 2 atom stereocenters. The van der Waals surface area contributed by atoms with E-state index in [0.29, 0.717) is 12.0 Å². The van der Waals surface area contributed by atoms with Gasteiger partial charge in [-0.2, -0.15) is 0 Å². The number of carbonyl (C=O) groups is 1. The Bertz CT molecular complexity index is 644. The van der Waals surface area contributed by atoms with Crippen LogP contribution >= 0.6 is 0 Å². The van der Waals surface area contributed by atoms with Gasteiger partial charge in [0.1, 0.15) is 12.0 Å². The maximum absolute atomic E-state index is 13.9. The molecule has 1 N–H and O–H groups in total. The maximum atomic E-state index is 13.9. The Morgan fingerprint density at radius 3 is 2.48 bits per heavy atom. The van der Waals surface area contributed by atoms with Crippen LogP contribution in [0.4, 0.5) is 4.39 Å². The summed E-state index contributed by atoms with van der Waals surface area (Å²) in [4.78, 5) is 13.9. The van der Waals surface area contributed by atoms with E-state index in [1.165, 1.54) is 6.07 Å². The molecule has 0 aliphatic carbocycles. The molecule has 21 heavy (non-hydrogen) atoms. The van der Waals surface area contributed by atoms with Crippen LogP contribution in [-0.2, 0) is 11.2 Å². The van der Waals surface area contributed by atoms with Crippen molar-refractivity contribution in [1.82, 2.24) is 10.2 Å². The third-order valence-electron chi connectivity index (χ3n) is 3.87. The van der Waals surface area contributed by atoms with Crippen molar-refractivity contribution < 1.29 is 9.18 Å². The summed E-state index contributed by atoms with van der Waals surface area (Å²) in [5, 5.41) is 3.23. The van der Waals surface area contributed by atoms with Crippen LogP contribution in [0.1, 0.15) is 17.3 Å². The zero-order valence-corrected chi connectivity index (χ0v) is 11.8. The highest BCUT2D eigenvalue weighted by molar-refractivity contribution is 5.84. The number of nitrogens with one attached hydrogen (secondary N) is 1. The van der Waals surface area contributed by atoms with Crippen molar-refractivity contribution in [2.75, 3.05) is 7.05 Å². The van der Waals surface area contributed by atoms with E-state index >= 15 is 0 Å². The summed E-state index contributed by atoms with van der Waals surface area (Å²) < 4.78 is 13.9. The van der Waals surface area contributed by atoms with Gasteiger partial charge in [0.15, 0.2) is 0 Å². The Hall–Kier alpha value is -2.20. The van der Waals surface area contributed by atoms with E-state index in [0.717, 1.165) is 5.56 Å². The monoisotopic (exact) mass is 284 g/mol. The van der Waals surface area contributed by atoms with Gasteiger partial charge in [0.05, 0.1) is 6.04 Å². The molecule has 2 aromatic carbocycles. The Kier molecular flexibility index (Phi) is 3.71. The second-order valence-corrected chi connectivity index (χ2v) is 5.28. The van der Waals surface area contributed by atoms with Gasteiger partial charge >= 0.3 is 0 Å². The van der Waals surface area contributed by atoms with Crippen molar-refractivity contribution in [3.05, 3.63) is 71.5 Å². The predicted octanol–water partition coefficient (Wildman–Crippen LogP) is 2.50. The van der Waals surface area contributed by atoms with E-state index in [9.17, 15) is 9.18 Å². The average Bonchev–Trinajstić information content (AvgIpc) is 2.77. The molecule has 2 aromatic rings. The summed E-state index contributed by atoms with van der Waals surface area (Å²) in [6.45, 7) is 0. The first-order chi connectivity index (χ1) is 10.2. The van der Waals surface area contributed by atoms with Crippen molar-refractivity contribution in [2.45, 2.75) is 18.6 Å². The molecule has 1 heterocycles. The fourth-order valence-electron chi connectivity index (χ4n) is 2.74. The van der Waals surface area contributed by atoms with E-state index in [1.54, 1.807) is 30.1 Å². The molecule has 4 heteroatoms. The molecule has 1 saturated heterocycles. The highest BCUT2D eigenvalue weighted by Gasteiger charge is 2.38. The second-order valence-electron chi connectivity index (χ2n) is 5.28. The maximum Gasteiger partial charge on any atom is 0.241 e. The van der Waals surface area contributed by atoms with Gasteiger partial charge in [0, 0.05) is 12.6 Å². The molecular formula is C17H17FN2O. The molecule has 2 unspecified atom stereocenters. The molecular weight excluding hydrogens is 267 g/mol. The van der Waals surface area contributed by atoms with Crippen LogP contribution < -0.4 is 5.32 Å². The lowest BCUT2D eigenvalue weighted by Crippen LogP contribution is -2.31. The Morgan fingerprint density at radius 2 is 1.76 bits per heavy atom. The van der Waals surface area contributed by atoms with E-state index in [1.807, 2.05) is 30.3 Å². The minimum absolute atomic E-state index is 0.00731. The van der Waals surface area contributed by atoms with Gasteiger partial charge in [-0.05, 0) is 18.1 Å². The van der Waals surface area contributed by atoms with Gasteiger partial charge in [0.25, 0.3) is 0 Å². The van der Waals surface area contributed by atoms with Crippen molar-refractivity contribution in [2.24, 2.45) is 0 Å². The summed E-state index contributed by atoms with van der Waals surface area (Å²) in [5.74, 6) is -0.304. The molecule has 0 aromatic heterocycles. The van der Waals surface area contributed by atoms with Gasteiger partial charge in [-0.3, -0.25) is 10.1 Å². The number of amides is 1. The number of likely N-dealkylation sites (N-methyl/N-ethyl adjacent to an activating group) is 1. The van der Waals surface area contributed by atoms with Crippen molar-refractivity contribution >= 4 is 5.91 Å². The lowest BCUT2D eigenvalue weighted by Gasteiger charge is -2.20. The normalized spacial score (nSPS) is 21.8. The number of hydrogen-bond acceptors (Lipinski definition) is 2. The van der Waals surface area contributed by atoms with Crippen LogP contribution in [0.25, 0.3) is 0 Å². The zero-order valence-electron chi connectivity index (χ0n) is 11.8. The number of rotatable bonds is 3. The first-order valence-electron chi connectivity index (χ1n) is 6.98. The second kappa shape index (κ2) is 5.66. The standard InChI is InChI=1S/C17H17FN2O/c1-20-16(13-9-5-6-10-14(13)18)19-15(17(20)21)11-12-7-3-2-4-8-12/h2-10,15-16,19H,11H2,1H3. The van der Waals surface area contributed by atoms with Gasteiger partial charge in [0.2, 0.25) is 5.91 Å². The van der Waals surface area contributed by atoms with Crippen LogP contribution in [0.5, 0.6) is 0 Å². The third kappa shape index (κ3) is 2.67. The molecule has 3 nitrogen and oxygen atoms in total. The van der Waals surface area contributed by atoms with E-state index in [4.69, 9.17) is 0 Å². The Labute approximate surface area is 123 Å². The van der Waals surface area contributed by atoms with Crippen LogP contribution in [0.2, 0.25) is 0 Å². The van der Waals surface area contributed by atoms with Gasteiger partial charge in [-0.25, -0.2) is 4.39 Å². The Balaban J connectivity index is 1.81. The smallest absolute Gasteiger partial charge is 0.241 e. The molecule has 0 bridgehead atoms. The molecule has 0 saturated carbocycles. The average molecular weight is 284 g/mol. The summed E-state index contributed by atoms with van der Waals surface area (Å²) in [5.41, 5.74) is 1.59. The minimum Gasteiger partial charge on any atom is -0.324 e. The minimum atomic E-state index is -0.410. The van der Waals surface area contributed by atoms with E-state index in [2.05, 4.69) is 5.32 Å². The number of hydrogen-bond donors (Lipinski definition) is 1. The van der Waals surface area contributed by atoms with Crippen LogP contribution in [-0.4, -0.2) is 23.9 Å². The molecule has 0 spiro atoms. The molecule has 1 aliphatic heterocycles. The van der Waals surface area contributed by atoms with Crippen LogP contribution in [0.15, 0.2) is 54.6 Å². The number of benzene rings is 2. The van der Waals surface area contributed by atoms with Gasteiger partial charge < -0.3 is 4.90 Å². The highest BCUT2D eigenvalue weighted by atomic mass is 19.1. The molecule has 3 rings (SSSR count). The summed E-state index contributed by atoms with van der Waals surface area (Å²) >= 11 is 0. The summed E-state index contributed by atoms with van der Waals surface area (Å²) in [6.07, 6.45) is 0.196. The largest absolute Gasteiger partial charge is 0.324 e. The fraction of sp³-hybridized carbons (Fsp3) is 0.235. The van der Waals surface area contributed by atoms with Gasteiger partial charge in [-0.15, -0.1) is 0 Å². The summed E-state index contributed by atoms with van der Waals surface area (Å²) in [7, 11) is 1.71. The lowest BCUT2D eigenvalue weighted by molar-refractivity contribution is -0.128. The quantitative estimate of drug-likeness (QED) is 0.939. The molecule has 1 amide bonds. The first kappa shape index (κ1) is 13.8. The lowest BCUT2D eigenvalue weighted by atomic mass is 10.1. The molecule has 1 aliphatic rings. The van der Waals surface area contributed by atoms with Crippen LogP contribution in [0.3, 0.4) is 0 Å². The zero-order chi connectivity index (χ0) is 14.8. The predicted molar refractivity (Wildman–Crippen MR) is 79.0 cm³/mol. The van der Waals surface area contributed by atoms with Crippen molar-refractivity contribution in [3.8, 4) is 0 Å². The SMILES string of the molecule is CN1C(=O)C(Cc2ccccc2)NC1c1ccccc1F. The van der Waals surface area contributed by atoms with Gasteiger partial charge in [-0.1, -0.05) is 48.5 Å². The van der Waals surface area contributed by atoms with Crippen LogP contribution in [0, 0.1) is 5.82 Å². The third-order valence-corrected chi connectivity index (χ3v) is 3.87. The van der Waals surface area contributed by atoms with E-state index in [-0.39, 0.29) is 17.8 Å². The molecule has 108 valence electrons. The fourth-order valence-corrected chi connectivity index (χ4v) is 2.74. The summed E-state index contributed by atoms with van der Waals surface area (Å²) in [6, 6.07) is 16.1. The molecule has 0 radical (unpaired) electrons. The van der Waals surface area contributed by atoms with E-state index < -0.39 is 6.17 Å². The van der Waals surface area contributed by atoms with Crippen molar-refractivity contribution in [1.29, 1.82) is 0 Å². The number of halogens is 1. The topological polar surface area (TPSA) is 32.3 Å². The first-order valence-corrected chi connectivity index (χ1v) is 6.98. The van der Waals surface area contributed by atoms with Crippen molar-refractivity contribution in [3.63, 3.8) is 0 Å². The Morgan fingerprint density at radius 1 is 1.10 bits per heavy atom. The molecule has 1 fully saturated rings. The number of nitrogens with zero attached hydrogens (tertiary/aromatic N) is 1. The number of carbonyl (C=O) groups excluding carboxylic acids is 1.